The lowest BCUT2D eigenvalue weighted by molar-refractivity contribution is -0.145. The molecule has 0 heterocycles. The summed E-state index contributed by atoms with van der Waals surface area (Å²) in [5, 5.41) is 0. The summed E-state index contributed by atoms with van der Waals surface area (Å²) in [7, 11) is 0. The van der Waals surface area contributed by atoms with Crippen LogP contribution in [0.1, 0.15) is 39.2 Å². The number of carbonyl (C=O) groups is 1. The molecular formula is C16H25NO2. The highest BCUT2D eigenvalue weighted by molar-refractivity contribution is 5.75. The summed E-state index contributed by atoms with van der Waals surface area (Å²) >= 11 is 0. The zero-order valence-corrected chi connectivity index (χ0v) is 12.2. The predicted molar refractivity (Wildman–Crippen MR) is 77.8 cm³/mol. The van der Waals surface area contributed by atoms with Gasteiger partial charge in [0.05, 0.1) is 6.61 Å². The monoisotopic (exact) mass is 263 g/mol. The quantitative estimate of drug-likeness (QED) is 0.803. The van der Waals surface area contributed by atoms with Crippen molar-refractivity contribution in [2.45, 2.75) is 46.1 Å². The molecule has 1 rings (SSSR count). The van der Waals surface area contributed by atoms with E-state index in [0.29, 0.717) is 13.0 Å². The van der Waals surface area contributed by atoms with E-state index in [0.717, 1.165) is 12.8 Å². The molecule has 0 aromatic heterocycles. The minimum absolute atomic E-state index is 0.175. The molecule has 0 aliphatic rings. The largest absolute Gasteiger partial charge is 0.465 e. The fraction of sp³-hybridized carbons (Fsp3) is 0.562. The summed E-state index contributed by atoms with van der Waals surface area (Å²) < 4.78 is 5.20. The van der Waals surface area contributed by atoms with E-state index in [1.807, 2.05) is 30.3 Å². The molecule has 2 N–H and O–H groups in total. The summed E-state index contributed by atoms with van der Waals surface area (Å²) in [6.45, 7) is 6.81. The highest BCUT2D eigenvalue weighted by atomic mass is 16.5. The molecular weight excluding hydrogens is 238 g/mol. The number of aryl methyl sites for hydroxylation is 1. The van der Waals surface area contributed by atoms with E-state index in [1.54, 1.807) is 0 Å². The molecule has 0 amide bonds. The van der Waals surface area contributed by atoms with Crippen LogP contribution in [0.4, 0.5) is 0 Å². The van der Waals surface area contributed by atoms with E-state index < -0.39 is 6.04 Å². The lowest BCUT2D eigenvalue weighted by atomic mass is 9.93. The fourth-order valence-corrected chi connectivity index (χ4v) is 1.65. The topological polar surface area (TPSA) is 52.3 Å². The Balaban J connectivity index is 2.25. The Bertz CT molecular complexity index is 381. The molecule has 1 aromatic carbocycles. The van der Waals surface area contributed by atoms with Gasteiger partial charge in [-0.05, 0) is 30.2 Å². The number of ether oxygens (including phenoxy) is 1. The first-order chi connectivity index (χ1) is 8.88. The molecule has 0 aliphatic heterocycles. The van der Waals surface area contributed by atoms with E-state index in [1.165, 1.54) is 5.56 Å². The fourth-order valence-electron chi connectivity index (χ4n) is 1.65. The van der Waals surface area contributed by atoms with Gasteiger partial charge in [0.1, 0.15) is 6.04 Å². The number of carbonyl (C=O) groups excluding carboxylic acids is 1. The van der Waals surface area contributed by atoms with Gasteiger partial charge in [-0.25, -0.2) is 0 Å². The van der Waals surface area contributed by atoms with Gasteiger partial charge in [0.15, 0.2) is 0 Å². The van der Waals surface area contributed by atoms with E-state index in [9.17, 15) is 4.79 Å². The first kappa shape index (κ1) is 15.7. The molecule has 3 heteroatoms. The molecule has 0 fully saturated rings. The van der Waals surface area contributed by atoms with Crippen LogP contribution >= 0.6 is 0 Å². The number of hydrogen-bond acceptors (Lipinski definition) is 3. The molecule has 106 valence electrons. The standard InChI is InChI=1S/C16H25NO2/c1-16(2,3)11-12-19-15(18)14(17)10-9-13-7-5-4-6-8-13/h4-8,14H,9-12,17H2,1-3H3/t14-/m0/s1. The van der Waals surface area contributed by atoms with Crippen LogP contribution < -0.4 is 5.73 Å². The molecule has 0 spiro atoms. The third-order valence-corrected chi connectivity index (χ3v) is 2.99. The van der Waals surface area contributed by atoms with E-state index >= 15 is 0 Å². The van der Waals surface area contributed by atoms with Gasteiger partial charge in [-0.1, -0.05) is 51.1 Å². The smallest absolute Gasteiger partial charge is 0.322 e. The van der Waals surface area contributed by atoms with E-state index in [2.05, 4.69) is 20.8 Å². The Morgan fingerprint density at radius 3 is 2.47 bits per heavy atom. The van der Waals surface area contributed by atoms with Crippen molar-refractivity contribution in [1.82, 2.24) is 0 Å². The Kier molecular flexibility index (Phi) is 6.03. The Hall–Kier alpha value is -1.35. The van der Waals surface area contributed by atoms with Gasteiger partial charge < -0.3 is 10.5 Å². The minimum atomic E-state index is -0.528. The minimum Gasteiger partial charge on any atom is -0.465 e. The normalized spacial score (nSPS) is 13.1. The number of benzene rings is 1. The van der Waals surface area contributed by atoms with Gasteiger partial charge >= 0.3 is 5.97 Å². The molecule has 3 nitrogen and oxygen atoms in total. The second-order valence-electron chi connectivity index (χ2n) is 6.11. The highest BCUT2D eigenvalue weighted by Crippen LogP contribution is 2.18. The van der Waals surface area contributed by atoms with Crippen LogP contribution in [0.15, 0.2) is 30.3 Å². The average molecular weight is 263 g/mol. The maximum atomic E-state index is 11.7. The predicted octanol–water partition coefficient (Wildman–Crippen LogP) is 2.93. The van der Waals surface area contributed by atoms with Crippen molar-refractivity contribution in [3.05, 3.63) is 35.9 Å². The van der Waals surface area contributed by atoms with Crippen molar-refractivity contribution in [3.63, 3.8) is 0 Å². The molecule has 1 atom stereocenters. The van der Waals surface area contributed by atoms with Gasteiger partial charge in [0, 0.05) is 0 Å². The molecule has 0 bridgehead atoms. The van der Waals surface area contributed by atoms with Crippen LogP contribution in [-0.2, 0) is 16.0 Å². The Morgan fingerprint density at radius 2 is 1.89 bits per heavy atom. The molecule has 1 aromatic rings. The lowest BCUT2D eigenvalue weighted by Crippen LogP contribution is -2.33. The van der Waals surface area contributed by atoms with Gasteiger partial charge in [0.2, 0.25) is 0 Å². The van der Waals surface area contributed by atoms with Crippen molar-refractivity contribution in [2.24, 2.45) is 11.1 Å². The molecule has 0 radical (unpaired) electrons. The zero-order valence-electron chi connectivity index (χ0n) is 12.2. The first-order valence-electron chi connectivity index (χ1n) is 6.84. The average Bonchev–Trinajstić information content (AvgIpc) is 2.35. The Labute approximate surface area is 116 Å². The number of nitrogens with two attached hydrogens (primary N) is 1. The summed E-state index contributed by atoms with van der Waals surface area (Å²) in [6.07, 6.45) is 2.28. The second kappa shape index (κ2) is 7.29. The van der Waals surface area contributed by atoms with Crippen LogP contribution in [0.25, 0.3) is 0 Å². The van der Waals surface area contributed by atoms with Crippen LogP contribution in [0.2, 0.25) is 0 Å². The van der Waals surface area contributed by atoms with Crippen molar-refractivity contribution in [1.29, 1.82) is 0 Å². The zero-order chi connectivity index (χ0) is 14.3. The van der Waals surface area contributed by atoms with Crippen LogP contribution in [0.3, 0.4) is 0 Å². The molecule has 0 saturated carbocycles. The van der Waals surface area contributed by atoms with Gasteiger partial charge in [-0.15, -0.1) is 0 Å². The third-order valence-electron chi connectivity index (χ3n) is 2.99. The Morgan fingerprint density at radius 1 is 1.26 bits per heavy atom. The van der Waals surface area contributed by atoms with Crippen molar-refractivity contribution < 1.29 is 9.53 Å². The molecule has 19 heavy (non-hydrogen) atoms. The molecule has 0 aliphatic carbocycles. The van der Waals surface area contributed by atoms with Gasteiger partial charge in [-0.3, -0.25) is 4.79 Å². The third kappa shape index (κ3) is 6.97. The summed E-state index contributed by atoms with van der Waals surface area (Å²) in [6, 6.07) is 9.50. The summed E-state index contributed by atoms with van der Waals surface area (Å²) in [5.41, 5.74) is 7.21. The maximum absolute atomic E-state index is 11.7. The highest BCUT2D eigenvalue weighted by Gasteiger charge is 2.16. The summed E-state index contributed by atoms with van der Waals surface area (Å²) in [4.78, 5) is 11.7. The van der Waals surface area contributed by atoms with E-state index in [-0.39, 0.29) is 11.4 Å². The van der Waals surface area contributed by atoms with Crippen LogP contribution in [-0.4, -0.2) is 18.6 Å². The number of rotatable bonds is 6. The SMILES string of the molecule is CC(C)(C)CCOC(=O)[C@@H](N)CCc1ccccc1. The maximum Gasteiger partial charge on any atom is 0.322 e. The second-order valence-corrected chi connectivity index (χ2v) is 6.11. The van der Waals surface area contributed by atoms with Gasteiger partial charge in [0.25, 0.3) is 0 Å². The number of hydrogen-bond donors (Lipinski definition) is 1. The molecule has 0 saturated heterocycles. The van der Waals surface area contributed by atoms with Crippen molar-refractivity contribution >= 4 is 5.97 Å². The van der Waals surface area contributed by atoms with Crippen molar-refractivity contribution in [2.75, 3.05) is 6.61 Å². The van der Waals surface area contributed by atoms with Crippen LogP contribution in [0, 0.1) is 5.41 Å². The molecule has 0 unspecified atom stereocenters. The van der Waals surface area contributed by atoms with E-state index in [4.69, 9.17) is 10.5 Å². The lowest BCUT2D eigenvalue weighted by Gasteiger charge is -2.18. The summed E-state index contributed by atoms with van der Waals surface area (Å²) in [5.74, 6) is -0.291. The van der Waals surface area contributed by atoms with Gasteiger partial charge in [-0.2, -0.15) is 0 Å². The van der Waals surface area contributed by atoms with Crippen LogP contribution in [0.5, 0.6) is 0 Å². The van der Waals surface area contributed by atoms with Crippen molar-refractivity contribution in [3.8, 4) is 0 Å². The first-order valence-corrected chi connectivity index (χ1v) is 6.84. The number of esters is 1.